The number of aromatic nitrogens is 3. The number of hydrogen-bond donors (Lipinski definition) is 0. The van der Waals surface area contributed by atoms with Crippen molar-refractivity contribution in [2.24, 2.45) is 0 Å². The number of rotatable bonds is 3. The molecule has 26 heavy (non-hydrogen) atoms. The zero-order valence-electron chi connectivity index (χ0n) is 14.6. The smallest absolute Gasteiger partial charge is 0.296 e. The maximum absolute atomic E-state index is 13.3. The van der Waals surface area contributed by atoms with Gasteiger partial charge in [0.15, 0.2) is 5.89 Å². The lowest BCUT2D eigenvalue weighted by atomic mass is 9.97. The van der Waals surface area contributed by atoms with Gasteiger partial charge in [0.2, 0.25) is 5.76 Å². The van der Waals surface area contributed by atoms with E-state index in [1.165, 1.54) is 0 Å². The van der Waals surface area contributed by atoms with Gasteiger partial charge in [0.05, 0.1) is 11.7 Å². The average Bonchev–Trinajstić information content (AvgIpc) is 3.22. The zero-order chi connectivity index (χ0) is 17.7. The Hall–Kier alpha value is -2.89. The van der Waals surface area contributed by atoms with Crippen LogP contribution in [0.15, 0.2) is 47.1 Å². The van der Waals surface area contributed by atoms with Gasteiger partial charge in [-0.25, -0.2) is 4.98 Å². The SMILES string of the molecule is Cc1nc(C2CC2)oc1C(=O)N1C[C@H](n2cccn2)Cc2ccccc21. The Kier molecular flexibility index (Phi) is 3.45. The number of benzene rings is 1. The Morgan fingerprint density at radius 2 is 2.08 bits per heavy atom. The van der Waals surface area contributed by atoms with Gasteiger partial charge in [-0.1, -0.05) is 18.2 Å². The first-order valence-electron chi connectivity index (χ1n) is 9.07. The molecule has 0 spiro atoms. The normalized spacial score (nSPS) is 19.4. The minimum absolute atomic E-state index is 0.106. The summed E-state index contributed by atoms with van der Waals surface area (Å²) in [4.78, 5) is 19.6. The molecular weight excluding hydrogens is 328 g/mol. The first-order chi connectivity index (χ1) is 12.7. The molecule has 1 atom stereocenters. The fourth-order valence-electron chi connectivity index (χ4n) is 3.68. The lowest BCUT2D eigenvalue weighted by Crippen LogP contribution is -2.41. The Balaban J connectivity index is 1.52. The number of carbonyl (C=O) groups is 1. The van der Waals surface area contributed by atoms with Crippen molar-refractivity contribution >= 4 is 11.6 Å². The van der Waals surface area contributed by atoms with E-state index in [-0.39, 0.29) is 11.9 Å². The number of fused-ring (bicyclic) bond motifs is 1. The van der Waals surface area contributed by atoms with Crippen LogP contribution in [-0.2, 0) is 6.42 Å². The molecule has 6 heteroatoms. The van der Waals surface area contributed by atoms with E-state index in [2.05, 4.69) is 16.1 Å². The van der Waals surface area contributed by atoms with Crippen molar-refractivity contribution in [3.8, 4) is 0 Å². The van der Waals surface area contributed by atoms with Crippen LogP contribution in [0.25, 0.3) is 0 Å². The third-order valence-corrected chi connectivity index (χ3v) is 5.21. The summed E-state index contributed by atoms with van der Waals surface area (Å²) in [6.07, 6.45) is 6.77. The van der Waals surface area contributed by atoms with Gasteiger partial charge in [-0.2, -0.15) is 5.10 Å². The van der Waals surface area contributed by atoms with E-state index >= 15 is 0 Å². The van der Waals surface area contributed by atoms with Crippen LogP contribution in [0.4, 0.5) is 5.69 Å². The monoisotopic (exact) mass is 348 g/mol. The molecule has 0 radical (unpaired) electrons. The summed E-state index contributed by atoms with van der Waals surface area (Å²) in [5.41, 5.74) is 2.77. The van der Waals surface area contributed by atoms with Crippen molar-refractivity contribution in [3.05, 3.63) is 65.6 Å². The molecule has 0 saturated heterocycles. The molecule has 0 unspecified atom stereocenters. The molecule has 1 aromatic carbocycles. The van der Waals surface area contributed by atoms with E-state index < -0.39 is 0 Å². The highest BCUT2D eigenvalue weighted by atomic mass is 16.4. The van der Waals surface area contributed by atoms with Crippen LogP contribution in [0.2, 0.25) is 0 Å². The molecule has 1 amide bonds. The third kappa shape index (κ3) is 2.53. The quantitative estimate of drug-likeness (QED) is 0.727. The molecule has 1 saturated carbocycles. The fraction of sp³-hybridized carbons (Fsp3) is 0.350. The van der Waals surface area contributed by atoms with Crippen molar-refractivity contribution in [2.45, 2.75) is 38.1 Å². The van der Waals surface area contributed by atoms with E-state index in [1.54, 1.807) is 6.20 Å². The summed E-state index contributed by atoms with van der Waals surface area (Å²) in [5.74, 6) is 1.34. The molecule has 6 nitrogen and oxygen atoms in total. The molecule has 1 aliphatic carbocycles. The van der Waals surface area contributed by atoms with E-state index in [0.29, 0.717) is 29.8 Å². The summed E-state index contributed by atoms with van der Waals surface area (Å²) < 4.78 is 7.80. The van der Waals surface area contributed by atoms with Gasteiger partial charge in [0, 0.05) is 30.5 Å². The molecule has 1 aliphatic heterocycles. The standard InChI is InChI=1S/C20H20N4O2/c1-13-18(26-19(22-13)14-7-8-14)20(25)23-12-16(24-10-4-9-21-24)11-15-5-2-3-6-17(15)23/h2-6,9-10,14,16H,7-8,11-12H2,1H3/t16-/m1/s1. The van der Waals surface area contributed by atoms with Gasteiger partial charge in [0.25, 0.3) is 5.91 Å². The van der Waals surface area contributed by atoms with Gasteiger partial charge >= 0.3 is 0 Å². The van der Waals surface area contributed by atoms with Crippen LogP contribution in [0.3, 0.4) is 0 Å². The molecule has 5 rings (SSSR count). The van der Waals surface area contributed by atoms with E-state index in [4.69, 9.17) is 4.42 Å². The number of anilines is 1. The summed E-state index contributed by atoms with van der Waals surface area (Å²) in [6.45, 7) is 2.42. The van der Waals surface area contributed by atoms with E-state index in [9.17, 15) is 4.79 Å². The minimum atomic E-state index is -0.119. The molecule has 132 valence electrons. The Bertz CT molecular complexity index is 956. The summed E-state index contributed by atoms with van der Waals surface area (Å²) in [6, 6.07) is 10.1. The van der Waals surface area contributed by atoms with Gasteiger partial charge in [0.1, 0.15) is 0 Å². The molecular formula is C20H20N4O2. The summed E-state index contributed by atoms with van der Waals surface area (Å²) in [5, 5.41) is 4.38. The summed E-state index contributed by atoms with van der Waals surface area (Å²) in [7, 11) is 0. The number of aryl methyl sites for hydroxylation is 1. The lowest BCUT2D eigenvalue weighted by Gasteiger charge is -2.34. The number of nitrogens with zero attached hydrogens (tertiary/aromatic N) is 4. The van der Waals surface area contributed by atoms with Crippen molar-refractivity contribution in [1.29, 1.82) is 0 Å². The molecule has 2 aliphatic rings. The predicted octanol–water partition coefficient (Wildman–Crippen LogP) is 3.50. The first kappa shape index (κ1) is 15.4. The molecule has 3 heterocycles. The molecule has 0 bridgehead atoms. The lowest BCUT2D eigenvalue weighted by molar-refractivity contribution is 0.0950. The van der Waals surface area contributed by atoms with Crippen LogP contribution in [-0.4, -0.2) is 27.2 Å². The van der Waals surface area contributed by atoms with Crippen LogP contribution in [0, 0.1) is 6.92 Å². The van der Waals surface area contributed by atoms with Crippen molar-refractivity contribution in [1.82, 2.24) is 14.8 Å². The van der Waals surface area contributed by atoms with E-state index in [0.717, 1.165) is 30.5 Å². The molecule has 2 aromatic heterocycles. The first-order valence-corrected chi connectivity index (χ1v) is 9.07. The highest BCUT2D eigenvalue weighted by Gasteiger charge is 2.35. The summed E-state index contributed by atoms with van der Waals surface area (Å²) >= 11 is 0. The van der Waals surface area contributed by atoms with Gasteiger partial charge in [-0.05, 0) is 43.9 Å². The molecule has 0 N–H and O–H groups in total. The second-order valence-corrected chi connectivity index (χ2v) is 7.13. The second kappa shape index (κ2) is 5.83. The van der Waals surface area contributed by atoms with Crippen molar-refractivity contribution in [3.63, 3.8) is 0 Å². The zero-order valence-corrected chi connectivity index (χ0v) is 14.6. The highest BCUT2D eigenvalue weighted by molar-refractivity contribution is 6.05. The minimum Gasteiger partial charge on any atom is -0.435 e. The average molecular weight is 348 g/mol. The van der Waals surface area contributed by atoms with Crippen molar-refractivity contribution in [2.75, 3.05) is 11.4 Å². The van der Waals surface area contributed by atoms with Crippen LogP contribution < -0.4 is 4.90 Å². The number of para-hydroxylation sites is 1. The second-order valence-electron chi connectivity index (χ2n) is 7.13. The van der Waals surface area contributed by atoms with Gasteiger partial charge in [-0.3, -0.25) is 9.48 Å². The fourth-order valence-corrected chi connectivity index (χ4v) is 3.68. The third-order valence-electron chi connectivity index (χ3n) is 5.21. The van der Waals surface area contributed by atoms with Gasteiger partial charge in [-0.15, -0.1) is 0 Å². The van der Waals surface area contributed by atoms with Crippen LogP contribution in [0.1, 0.15) is 52.5 Å². The largest absolute Gasteiger partial charge is 0.435 e. The molecule has 1 fully saturated rings. The molecule has 3 aromatic rings. The highest BCUT2D eigenvalue weighted by Crippen LogP contribution is 2.40. The Labute approximate surface area is 151 Å². The Morgan fingerprint density at radius 3 is 2.85 bits per heavy atom. The van der Waals surface area contributed by atoms with E-state index in [1.807, 2.05) is 47.0 Å². The van der Waals surface area contributed by atoms with Crippen LogP contribution >= 0.6 is 0 Å². The number of hydrogen-bond acceptors (Lipinski definition) is 4. The Morgan fingerprint density at radius 1 is 1.23 bits per heavy atom. The topological polar surface area (TPSA) is 64.2 Å². The maximum Gasteiger partial charge on any atom is 0.296 e. The van der Waals surface area contributed by atoms with Gasteiger partial charge < -0.3 is 9.32 Å². The number of oxazole rings is 1. The number of amides is 1. The maximum atomic E-state index is 13.3. The van der Waals surface area contributed by atoms with Crippen molar-refractivity contribution < 1.29 is 9.21 Å². The number of carbonyl (C=O) groups excluding carboxylic acids is 1. The van der Waals surface area contributed by atoms with Crippen LogP contribution in [0.5, 0.6) is 0 Å². The predicted molar refractivity (Wildman–Crippen MR) is 96.3 cm³/mol.